The Morgan fingerprint density at radius 3 is 2.60 bits per heavy atom. The van der Waals surface area contributed by atoms with Gasteiger partial charge in [-0.15, -0.1) is 35.3 Å². The number of aliphatic imine (C=N–C) groups is 1. The summed E-state index contributed by atoms with van der Waals surface area (Å²) in [6.07, 6.45) is 4.97. The molecule has 6 nitrogen and oxygen atoms in total. The third kappa shape index (κ3) is 6.73. The molecule has 0 unspecified atom stereocenters. The molecule has 8 heteroatoms. The van der Waals surface area contributed by atoms with Crippen molar-refractivity contribution in [2.24, 2.45) is 4.99 Å². The molecule has 1 aromatic heterocycles. The topological polar surface area (TPSA) is 67.8 Å². The van der Waals surface area contributed by atoms with Crippen LogP contribution >= 0.6 is 35.3 Å². The highest BCUT2D eigenvalue weighted by atomic mass is 127. The molecule has 30 heavy (non-hydrogen) atoms. The van der Waals surface area contributed by atoms with Crippen LogP contribution in [0.2, 0.25) is 0 Å². The number of rotatable bonds is 8. The predicted octanol–water partition coefficient (Wildman–Crippen LogP) is 5.08. The molecule has 1 heterocycles. The van der Waals surface area contributed by atoms with Crippen LogP contribution < -0.4 is 20.1 Å². The second kappa shape index (κ2) is 12.3. The van der Waals surface area contributed by atoms with Gasteiger partial charge in [0.1, 0.15) is 0 Å². The lowest BCUT2D eigenvalue weighted by molar-refractivity contribution is 0.198. The van der Waals surface area contributed by atoms with Gasteiger partial charge >= 0.3 is 0 Å². The van der Waals surface area contributed by atoms with E-state index in [1.807, 2.05) is 12.1 Å². The van der Waals surface area contributed by atoms with Gasteiger partial charge in [-0.25, -0.2) is 4.98 Å². The molecule has 0 spiro atoms. The van der Waals surface area contributed by atoms with Gasteiger partial charge in [-0.05, 0) is 31.7 Å². The monoisotopic (exact) mass is 544 g/mol. The minimum Gasteiger partial charge on any atom is -0.493 e. The molecule has 1 saturated carbocycles. The zero-order chi connectivity index (χ0) is 20.6. The van der Waals surface area contributed by atoms with Crippen LogP contribution in [-0.4, -0.2) is 31.2 Å². The molecule has 1 fully saturated rings. The van der Waals surface area contributed by atoms with Crippen LogP contribution in [-0.2, 0) is 13.1 Å². The summed E-state index contributed by atoms with van der Waals surface area (Å²) < 4.78 is 11.9. The van der Waals surface area contributed by atoms with Crippen molar-refractivity contribution in [1.29, 1.82) is 0 Å². The lowest BCUT2D eigenvalue weighted by Gasteiger charge is -2.20. The maximum absolute atomic E-state index is 6.31. The standard InChI is InChI=1S/C22H32N4O2S.HI/c1-15(2)21-26-17(14-29-21)13-25-22(23-3)24-12-16-8-7-11-19(27-4)20(16)28-18-9-5-6-10-18;/h7-8,11,14-15,18H,5-6,9-10,12-13H2,1-4H3,(H2,23,24,25);1H. The molecular formula is C22H33IN4O2S. The fourth-order valence-corrected chi connectivity index (χ4v) is 4.25. The third-order valence-corrected chi connectivity index (χ3v) is 6.23. The van der Waals surface area contributed by atoms with Gasteiger partial charge in [0, 0.05) is 30.5 Å². The summed E-state index contributed by atoms with van der Waals surface area (Å²) in [7, 11) is 3.46. The number of ether oxygens (including phenoxy) is 2. The summed E-state index contributed by atoms with van der Waals surface area (Å²) in [6, 6.07) is 6.02. The molecule has 166 valence electrons. The van der Waals surface area contributed by atoms with Crippen LogP contribution in [0, 0.1) is 0 Å². The maximum Gasteiger partial charge on any atom is 0.191 e. The van der Waals surface area contributed by atoms with E-state index in [0.29, 0.717) is 19.0 Å². The lowest BCUT2D eigenvalue weighted by Crippen LogP contribution is -2.36. The number of thiazole rings is 1. The van der Waals surface area contributed by atoms with E-state index in [2.05, 4.69) is 45.9 Å². The number of nitrogens with one attached hydrogen (secondary N) is 2. The number of para-hydroxylation sites is 1. The first-order valence-corrected chi connectivity index (χ1v) is 11.2. The smallest absolute Gasteiger partial charge is 0.191 e. The van der Waals surface area contributed by atoms with E-state index in [-0.39, 0.29) is 30.1 Å². The summed E-state index contributed by atoms with van der Waals surface area (Å²) in [4.78, 5) is 9.00. The molecule has 0 amide bonds. The predicted molar refractivity (Wildman–Crippen MR) is 135 cm³/mol. The minimum absolute atomic E-state index is 0. The number of benzene rings is 1. The quantitative estimate of drug-likeness (QED) is 0.276. The molecule has 0 radical (unpaired) electrons. The molecule has 0 saturated heterocycles. The van der Waals surface area contributed by atoms with Crippen molar-refractivity contribution in [3.63, 3.8) is 0 Å². The first kappa shape index (κ1) is 24.7. The van der Waals surface area contributed by atoms with Gasteiger partial charge < -0.3 is 20.1 Å². The zero-order valence-electron chi connectivity index (χ0n) is 18.2. The first-order chi connectivity index (χ1) is 14.1. The van der Waals surface area contributed by atoms with E-state index in [0.717, 1.165) is 46.6 Å². The number of aromatic nitrogens is 1. The van der Waals surface area contributed by atoms with Gasteiger partial charge in [0.15, 0.2) is 17.5 Å². The van der Waals surface area contributed by atoms with Crippen LogP contribution in [0.5, 0.6) is 11.5 Å². The van der Waals surface area contributed by atoms with Crippen molar-refractivity contribution in [2.45, 2.75) is 64.6 Å². The van der Waals surface area contributed by atoms with Crippen molar-refractivity contribution < 1.29 is 9.47 Å². The summed E-state index contributed by atoms with van der Waals surface area (Å²) in [5.41, 5.74) is 2.10. The molecule has 2 N–H and O–H groups in total. The van der Waals surface area contributed by atoms with Crippen molar-refractivity contribution in [3.8, 4) is 11.5 Å². The molecule has 3 rings (SSSR count). The number of nitrogens with zero attached hydrogens (tertiary/aromatic N) is 2. The Morgan fingerprint density at radius 1 is 1.23 bits per heavy atom. The molecule has 0 atom stereocenters. The zero-order valence-corrected chi connectivity index (χ0v) is 21.4. The minimum atomic E-state index is 0. The summed E-state index contributed by atoms with van der Waals surface area (Å²) in [5.74, 6) is 2.81. The Kier molecular flexibility index (Phi) is 10.2. The van der Waals surface area contributed by atoms with Crippen molar-refractivity contribution >= 4 is 41.3 Å². The first-order valence-electron chi connectivity index (χ1n) is 10.3. The van der Waals surface area contributed by atoms with Crippen LogP contribution in [0.4, 0.5) is 0 Å². The maximum atomic E-state index is 6.31. The molecular weight excluding hydrogens is 511 g/mol. The Bertz CT molecular complexity index is 819. The van der Waals surface area contributed by atoms with Crippen molar-refractivity contribution in [1.82, 2.24) is 15.6 Å². The highest BCUT2D eigenvalue weighted by molar-refractivity contribution is 14.0. The fourth-order valence-electron chi connectivity index (χ4n) is 3.41. The largest absolute Gasteiger partial charge is 0.493 e. The molecule has 1 aliphatic carbocycles. The number of methoxy groups -OCH3 is 1. The Hall–Kier alpha value is -1.55. The van der Waals surface area contributed by atoms with Crippen molar-refractivity contribution in [2.75, 3.05) is 14.2 Å². The summed E-state index contributed by atoms with van der Waals surface area (Å²) in [5, 5.41) is 9.99. The normalized spacial score (nSPS) is 14.5. The summed E-state index contributed by atoms with van der Waals surface area (Å²) in [6.45, 7) is 5.57. The second-order valence-corrected chi connectivity index (χ2v) is 8.47. The average molecular weight is 545 g/mol. The van der Waals surface area contributed by atoms with Crippen LogP contribution in [0.3, 0.4) is 0 Å². The van der Waals surface area contributed by atoms with E-state index in [1.54, 1.807) is 25.5 Å². The van der Waals surface area contributed by atoms with Gasteiger partial charge in [-0.2, -0.15) is 0 Å². The highest BCUT2D eigenvalue weighted by Gasteiger charge is 2.20. The second-order valence-electron chi connectivity index (χ2n) is 7.58. The number of hydrogen-bond donors (Lipinski definition) is 2. The van der Waals surface area contributed by atoms with Gasteiger partial charge in [0.05, 0.1) is 30.5 Å². The SMILES string of the molecule is CN=C(NCc1csc(C(C)C)n1)NCc1cccc(OC)c1OC1CCCC1.I. The van der Waals surface area contributed by atoms with Crippen LogP contribution in [0.1, 0.15) is 61.7 Å². The Labute approximate surface area is 200 Å². The van der Waals surface area contributed by atoms with E-state index in [9.17, 15) is 0 Å². The lowest BCUT2D eigenvalue weighted by atomic mass is 10.1. The average Bonchev–Trinajstić information content (AvgIpc) is 3.41. The molecule has 1 aromatic carbocycles. The van der Waals surface area contributed by atoms with E-state index < -0.39 is 0 Å². The van der Waals surface area contributed by atoms with Gasteiger partial charge in [-0.1, -0.05) is 26.0 Å². The van der Waals surface area contributed by atoms with Gasteiger partial charge in [0.2, 0.25) is 0 Å². The van der Waals surface area contributed by atoms with Crippen LogP contribution in [0.15, 0.2) is 28.6 Å². The summed E-state index contributed by atoms with van der Waals surface area (Å²) >= 11 is 1.71. The van der Waals surface area contributed by atoms with E-state index >= 15 is 0 Å². The molecule has 1 aliphatic rings. The van der Waals surface area contributed by atoms with Gasteiger partial charge in [0.25, 0.3) is 0 Å². The third-order valence-electron chi connectivity index (χ3n) is 5.04. The van der Waals surface area contributed by atoms with Crippen molar-refractivity contribution in [3.05, 3.63) is 39.8 Å². The van der Waals surface area contributed by atoms with E-state index in [1.165, 1.54) is 12.8 Å². The fraction of sp³-hybridized carbons (Fsp3) is 0.545. The number of hydrogen-bond acceptors (Lipinski definition) is 5. The van der Waals surface area contributed by atoms with Crippen LogP contribution in [0.25, 0.3) is 0 Å². The Balaban J connectivity index is 0.00000320. The number of guanidine groups is 1. The highest BCUT2D eigenvalue weighted by Crippen LogP contribution is 2.34. The molecule has 0 aliphatic heterocycles. The number of halogens is 1. The molecule has 2 aromatic rings. The van der Waals surface area contributed by atoms with Gasteiger partial charge in [-0.3, -0.25) is 4.99 Å². The Morgan fingerprint density at radius 2 is 1.97 bits per heavy atom. The molecule has 0 bridgehead atoms. The van der Waals surface area contributed by atoms with E-state index in [4.69, 9.17) is 9.47 Å².